The van der Waals surface area contributed by atoms with Gasteiger partial charge in [0.2, 0.25) is 11.6 Å². The molecule has 1 N–H and O–H groups in total. The van der Waals surface area contributed by atoms with Crippen LogP contribution in [0.5, 0.6) is 0 Å². The van der Waals surface area contributed by atoms with Crippen LogP contribution in [0.4, 0.5) is 0 Å². The molecular weight excluding hydrogens is 236 g/mol. The summed E-state index contributed by atoms with van der Waals surface area (Å²) in [6.07, 6.45) is 2.18. The van der Waals surface area contributed by atoms with Gasteiger partial charge in [-0.1, -0.05) is 0 Å². The third-order valence-electron chi connectivity index (χ3n) is 5.04. The molecule has 1 saturated heterocycles. The highest BCUT2D eigenvalue weighted by Crippen LogP contribution is 2.57. The maximum atomic E-state index is 10.2. The van der Waals surface area contributed by atoms with Crippen LogP contribution in [-0.2, 0) is 18.9 Å². The standard InChI is InChI=1S/C13H22O5/c1-11(15-3)12(2,16-4)18-10-7-13(14)6-8(13)5-9(10)17-11/h8-10,14H,5-7H2,1-4H3/t8?,9-,10-,11+,12+,13?/m1/s1. The fraction of sp³-hybridized carbons (Fsp3) is 1.00. The Morgan fingerprint density at radius 1 is 1.00 bits per heavy atom. The molecule has 0 aromatic heterocycles. The van der Waals surface area contributed by atoms with Gasteiger partial charge in [-0.25, -0.2) is 0 Å². The van der Waals surface area contributed by atoms with Crippen LogP contribution in [0.1, 0.15) is 33.1 Å². The van der Waals surface area contributed by atoms with E-state index >= 15 is 0 Å². The van der Waals surface area contributed by atoms with Crippen molar-refractivity contribution in [1.29, 1.82) is 0 Å². The number of hydrogen-bond acceptors (Lipinski definition) is 5. The van der Waals surface area contributed by atoms with E-state index in [1.807, 2.05) is 13.8 Å². The van der Waals surface area contributed by atoms with Gasteiger partial charge in [-0.2, -0.15) is 0 Å². The predicted molar refractivity (Wildman–Crippen MR) is 62.9 cm³/mol. The molecule has 0 radical (unpaired) electrons. The van der Waals surface area contributed by atoms with Gasteiger partial charge in [0, 0.05) is 20.6 Å². The van der Waals surface area contributed by atoms with Crippen molar-refractivity contribution in [3.05, 3.63) is 0 Å². The fourth-order valence-electron chi connectivity index (χ4n) is 3.33. The zero-order chi connectivity index (χ0) is 13.2. The van der Waals surface area contributed by atoms with Crippen molar-refractivity contribution in [2.45, 2.75) is 62.5 Å². The fourth-order valence-corrected chi connectivity index (χ4v) is 3.33. The molecule has 3 rings (SSSR count). The second-order valence-electron chi connectivity index (χ2n) is 6.06. The normalized spacial score (nSPS) is 58.8. The minimum absolute atomic E-state index is 0.0223. The largest absolute Gasteiger partial charge is 0.389 e. The second kappa shape index (κ2) is 3.67. The Bertz CT molecular complexity index is 361. The number of aliphatic hydroxyl groups is 1. The van der Waals surface area contributed by atoms with Crippen LogP contribution in [0.15, 0.2) is 0 Å². The Morgan fingerprint density at radius 2 is 1.56 bits per heavy atom. The van der Waals surface area contributed by atoms with Gasteiger partial charge < -0.3 is 24.1 Å². The second-order valence-corrected chi connectivity index (χ2v) is 6.06. The molecule has 3 aliphatic rings. The molecule has 18 heavy (non-hydrogen) atoms. The number of fused-ring (bicyclic) bond motifs is 2. The summed E-state index contributed by atoms with van der Waals surface area (Å²) in [5.74, 6) is -1.52. The lowest BCUT2D eigenvalue weighted by Gasteiger charge is -2.53. The summed E-state index contributed by atoms with van der Waals surface area (Å²) < 4.78 is 23.1. The first-order valence-electron chi connectivity index (χ1n) is 6.54. The molecule has 3 fully saturated rings. The van der Waals surface area contributed by atoms with Crippen molar-refractivity contribution in [2.24, 2.45) is 5.92 Å². The maximum Gasteiger partial charge on any atom is 0.220 e. The summed E-state index contributed by atoms with van der Waals surface area (Å²) in [6.45, 7) is 3.65. The lowest BCUT2D eigenvalue weighted by atomic mass is 9.89. The van der Waals surface area contributed by atoms with E-state index in [-0.39, 0.29) is 12.2 Å². The molecule has 2 aliphatic carbocycles. The smallest absolute Gasteiger partial charge is 0.220 e. The molecule has 2 unspecified atom stereocenters. The SMILES string of the molecule is CO[C@@]1(C)O[C@@H]2CC3CC3(O)C[C@H]2O[C@]1(C)OC. The van der Waals surface area contributed by atoms with Crippen molar-refractivity contribution < 1.29 is 24.1 Å². The zero-order valence-electron chi connectivity index (χ0n) is 11.4. The topological polar surface area (TPSA) is 57.2 Å². The molecule has 5 heteroatoms. The van der Waals surface area contributed by atoms with Gasteiger partial charge in [0.05, 0.1) is 17.8 Å². The molecule has 6 atom stereocenters. The van der Waals surface area contributed by atoms with Crippen LogP contribution in [0, 0.1) is 5.92 Å². The third-order valence-corrected chi connectivity index (χ3v) is 5.04. The average Bonchev–Trinajstić information content (AvgIpc) is 2.98. The van der Waals surface area contributed by atoms with E-state index in [2.05, 4.69) is 0 Å². The van der Waals surface area contributed by atoms with Gasteiger partial charge in [0.1, 0.15) is 0 Å². The summed E-state index contributed by atoms with van der Waals surface area (Å²) in [5.41, 5.74) is -0.528. The maximum absolute atomic E-state index is 10.2. The monoisotopic (exact) mass is 258 g/mol. The summed E-state index contributed by atoms with van der Waals surface area (Å²) in [5, 5.41) is 10.2. The molecule has 1 aliphatic heterocycles. The van der Waals surface area contributed by atoms with E-state index in [1.54, 1.807) is 14.2 Å². The molecule has 104 valence electrons. The Labute approximate surface area is 107 Å². The van der Waals surface area contributed by atoms with E-state index in [0.29, 0.717) is 12.3 Å². The highest BCUT2D eigenvalue weighted by Gasteiger charge is 2.65. The number of rotatable bonds is 2. The molecule has 0 amide bonds. The van der Waals surface area contributed by atoms with E-state index in [1.165, 1.54) is 0 Å². The molecule has 0 aromatic carbocycles. The van der Waals surface area contributed by atoms with Gasteiger partial charge in [0.25, 0.3) is 0 Å². The van der Waals surface area contributed by atoms with E-state index < -0.39 is 17.2 Å². The van der Waals surface area contributed by atoms with Gasteiger partial charge in [-0.05, 0) is 32.6 Å². The highest BCUT2D eigenvalue weighted by atomic mass is 16.8. The van der Waals surface area contributed by atoms with Gasteiger partial charge in [-0.3, -0.25) is 0 Å². The Balaban J connectivity index is 1.84. The van der Waals surface area contributed by atoms with E-state index in [0.717, 1.165) is 12.8 Å². The Kier molecular flexibility index (Phi) is 2.61. The highest BCUT2D eigenvalue weighted by molar-refractivity contribution is 5.12. The molecule has 0 spiro atoms. The first-order chi connectivity index (χ1) is 8.36. The summed E-state index contributed by atoms with van der Waals surface area (Å²) in [7, 11) is 3.18. The molecule has 5 nitrogen and oxygen atoms in total. The quantitative estimate of drug-likeness (QED) is 0.802. The van der Waals surface area contributed by atoms with Crippen molar-refractivity contribution in [3.63, 3.8) is 0 Å². The van der Waals surface area contributed by atoms with Crippen LogP contribution in [0.25, 0.3) is 0 Å². The first-order valence-corrected chi connectivity index (χ1v) is 6.54. The Hall–Kier alpha value is -0.200. The summed E-state index contributed by atoms with van der Waals surface area (Å²) in [4.78, 5) is 0. The Morgan fingerprint density at radius 3 is 2.11 bits per heavy atom. The van der Waals surface area contributed by atoms with Crippen LogP contribution in [-0.4, -0.2) is 48.7 Å². The van der Waals surface area contributed by atoms with Gasteiger partial charge in [0.15, 0.2) is 0 Å². The van der Waals surface area contributed by atoms with Crippen molar-refractivity contribution in [3.8, 4) is 0 Å². The lowest BCUT2D eigenvalue weighted by Crippen LogP contribution is -2.66. The first kappa shape index (κ1) is 12.8. The molecule has 0 aromatic rings. The molecule has 0 bridgehead atoms. The van der Waals surface area contributed by atoms with E-state index in [4.69, 9.17) is 18.9 Å². The minimum Gasteiger partial charge on any atom is -0.389 e. The molecular formula is C13H22O5. The van der Waals surface area contributed by atoms with Crippen molar-refractivity contribution in [1.82, 2.24) is 0 Å². The van der Waals surface area contributed by atoms with E-state index in [9.17, 15) is 5.11 Å². The predicted octanol–water partition coefficient (Wildman–Crippen LogP) is 1.04. The third kappa shape index (κ3) is 1.58. The van der Waals surface area contributed by atoms with Crippen LogP contribution >= 0.6 is 0 Å². The minimum atomic E-state index is -0.957. The lowest BCUT2D eigenvalue weighted by molar-refractivity contribution is -0.452. The van der Waals surface area contributed by atoms with Crippen LogP contribution in [0.2, 0.25) is 0 Å². The van der Waals surface area contributed by atoms with Gasteiger partial charge in [-0.15, -0.1) is 0 Å². The number of hydrogen-bond donors (Lipinski definition) is 1. The van der Waals surface area contributed by atoms with Crippen LogP contribution in [0.3, 0.4) is 0 Å². The number of methoxy groups -OCH3 is 2. The van der Waals surface area contributed by atoms with Crippen molar-refractivity contribution in [2.75, 3.05) is 14.2 Å². The summed E-state index contributed by atoms with van der Waals surface area (Å²) in [6, 6.07) is 0. The zero-order valence-corrected chi connectivity index (χ0v) is 11.4. The average molecular weight is 258 g/mol. The van der Waals surface area contributed by atoms with Gasteiger partial charge >= 0.3 is 0 Å². The molecule has 1 heterocycles. The van der Waals surface area contributed by atoms with Crippen molar-refractivity contribution >= 4 is 0 Å². The summed E-state index contributed by atoms with van der Waals surface area (Å²) >= 11 is 0. The van der Waals surface area contributed by atoms with Crippen LogP contribution < -0.4 is 0 Å². The number of ether oxygens (including phenoxy) is 4. The molecule has 2 saturated carbocycles.